The number of H-pyrrole nitrogens is 1. The van der Waals surface area contributed by atoms with Gasteiger partial charge in [0.05, 0.1) is 11.9 Å². The van der Waals surface area contributed by atoms with Crippen molar-refractivity contribution in [2.75, 3.05) is 11.9 Å². The molecule has 1 aromatic heterocycles. The molecule has 0 fully saturated rings. The standard InChI is InChI=1S/C11H12ClN3/c12-10-3-1-9(2-4-10)5-6-13-11-7-14-15-8-11/h1-4,7-8,13H,5-6H2,(H,14,15). The van der Waals surface area contributed by atoms with Gasteiger partial charge in [0.15, 0.2) is 0 Å². The molecule has 0 spiro atoms. The number of aromatic amines is 1. The third kappa shape index (κ3) is 2.99. The van der Waals surface area contributed by atoms with E-state index in [0.717, 1.165) is 23.7 Å². The van der Waals surface area contributed by atoms with Crippen molar-refractivity contribution in [2.24, 2.45) is 0 Å². The molecule has 0 radical (unpaired) electrons. The number of anilines is 1. The molecule has 0 aliphatic heterocycles. The van der Waals surface area contributed by atoms with E-state index in [4.69, 9.17) is 11.6 Å². The molecule has 15 heavy (non-hydrogen) atoms. The summed E-state index contributed by atoms with van der Waals surface area (Å²) in [6, 6.07) is 7.91. The first kappa shape index (κ1) is 10.1. The number of aromatic nitrogens is 2. The fourth-order valence-electron chi connectivity index (χ4n) is 1.35. The summed E-state index contributed by atoms with van der Waals surface area (Å²) in [6.07, 6.45) is 4.58. The van der Waals surface area contributed by atoms with Gasteiger partial charge in [0, 0.05) is 17.8 Å². The van der Waals surface area contributed by atoms with Gasteiger partial charge in [-0.2, -0.15) is 5.10 Å². The van der Waals surface area contributed by atoms with E-state index < -0.39 is 0 Å². The van der Waals surface area contributed by atoms with Crippen LogP contribution in [0.3, 0.4) is 0 Å². The van der Waals surface area contributed by atoms with Crippen molar-refractivity contribution < 1.29 is 0 Å². The molecule has 2 rings (SSSR count). The fraction of sp³-hybridized carbons (Fsp3) is 0.182. The molecule has 0 bridgehead atoms. The predicted molar refractivity (Wildman–Crippen MR) is 62.2 cm³/mol. The summed E-state index contributed by atoms with van der Waals surface area (Å²) in [5.41, 5.74) is 2.29. The van der Waals surface area contributed by atoms with Crippen LogP contribution in [-0.2, 0) is 6.42 Å². The van der Waals surface area contributed by atoms with Crippen LogP contribution in [0.4, 0.5) is 5.69 Å². The Bertz CT molecular complexity index is 394. The van der Waals surface area contributed by atoms with E-state index in [1.165, 1.54) is 5.56 Å². The SMILES string of the molecule is Clc1ccc(CCNc2cn[nH]c2)cc1. The van der Waals surface area contributed by atoms with Gasteiger partial charge in [-0.3, -0.25) is 5.10 Å². The highest BCUT2D eigenvalue weighted by Crippen LogP contribution is 2.10. The molecule has 3 nitrogen and oxygen atoms in total. The number of hydrogen-bond acceptors (Lipinski definition) is 2. The van der Waals surface area contributed by atoms with E-state index >= 15 is 0 Å². The van der Waals surface area contributed by atoms with Gasteiger partial charge >= 0.3 is 0 Å². The topological polar surface area (TPSA) is 40.7 Å². The number of nitrogens with zero attached hydrogens (tertiary/aromatic N) is 1. The lowest BCUT2D eigenvalue weighted by atomic mass is 10.1. The number of nitrogens with one attached hydrogen (secondary N) is 2. The van der Waals surface area contributed by atoms with Crippen LogP contribution in [0, 0.1) is 0 Å². The Labute approximate surface area is 93.5 Å². The van der Waals surface area contributed by atoms with E-state index in [2.05, 4.69) is 15.5 Å². The number of halogens is 1. The maximum Gasteiger partial charge on any atom is 0.0723 e. The lowest BCUT2D eigenvalue weighted by molar-refractivity contribution is 1.02. The van der Waals surface area contributed by atoms with E-state index in [9.17, 15) is 0 Å². The van der Waals surface area contributed by atoms with Gasteiger partial charge in [-0.25, -0.2) is 0 Å². The minimum Gasteiger partial charge on any atom is -0.382 e. The minimum atomic E-state index is 0.779. The van der Waals surface area contributed by atoms with Crippen molar-refractivity contribution >= 4 is 17.3 Å². The zero-order chi connectivity index (χ0) is 10.5. The molecule has 0 aliphatic carbocycles. The molecular weight excluding hydrogens is 210 g/mol. The Morgan fingerprint density at radius 1 is 1.27 bits per heavy atom. The van der Waals surface area contributed by atoms with Crippen LogP contribution in [0.15, 0.2) is 36.7 Å². The summed E-state index contributed by atoms with van der Waals surface area (Å²) in [4.78, 5) is 0. The molecule has 1 heterocycles. The van der Waals surface area contributed by atoms with Gasteiger partial charge < -0.3 is 5.32 Å². The van der Waals surface area contributed by atoms with Crippen LogP contribution in [-0.4, -0.2) is 16.7 Å². The van der Waals surface area contributed by atoms with Gasteiger partial charge in [-0.15, -0.1) is 0 Å². The first-order valence-corrected chi connectivity index (χ1v) is 5.19. The van der Waals surface area contributed by atoms with Crippen LogP contribution in [0.25, 0.3) is 0 Å². The summed E-state index contributed by atoms with van der Waals surface area (Å²) in [5, 5.41) is 10.7. The van der Waals surface area contributed by atoms with E-state index in [1.54, 1.807) is 6.20 Å². The Morgan fingerprint density at radius 3 is 2.73 bits per heavy atom. The van der Waals surface area contributed by atoms with Gasteiger partial charge in [-0.05, 0) is 24.1 Å². The molecule has 2 aromatic rings. The number of rotatable bonds is 4. The van der Waals surface area contributed by atoms with Crippen LogP contribution in [0.5, 0.6) is 0 Å². The average Bonchev–Trinajstić information content (AvgIpc) is 2.74. The molecule has 0 aliphatic rings. The first-order valence-electron chi connectivity index (χ1n) is 4.82. The molecular formula is C11H12ClN3. The predicted octanol–water partition coefficient (Wildman–Crippen LogP) is 2.72. The van der Waals surface area contributed by atoms with Crippen molar-refractivity contribution in [3.05, 3.63) is 47.2 Å². The highest BCUT2D eigenvalue weighted by Gasteiger charge is 1.94. The summed E-state index contributed by atoms with van der Waals surface area (Å²) in [5.74, 6) is 0. The zero-order valence-corrected chi connectivity index (χ0v) is 8.96. The average molecular weight is 222 g/mol. The fourth-order valence-corrected chi connectivity index (χ4v) is 1.48. The Hall–Kier alpha value is -1.48. The van der Waals surface area contributed by atoms with Crippen LogP contribution < -0.4 is 5.32 Å². The second kappa shape index (κ2) is 4.84. The third-order valence-corrected chi connectivity index (χ3v) is 2.41. The molecule has 78 valence electrons. The van der Waals surface area contributed by atoms with E-state index in [-0.39, 0.29) is 0 Å². The first-order chi connectivity index (χ1) is 7.34. The van der Waals surface area contributed by atoms with Crippen LogP contribution in [0.1, 0.15) is 5.56 Å². The van der Waals surface area contributed by atoms with E-state index in [1.807, 2.05) is 30.5 Å². The highest BCUT2D eigenvalue weighted by molar-refractivity contribution is 6.30. The summed E-state index contributed by atoms with van der Waals surface area (Å²) in [6.45, 7) is 0.890. The lowest BCUT2D eigenvalue weighted by Crippen LogP contribution is -2.03. The number of benzene rings is 1. The molecule has 0 saturated carbocycles. The molecule has 0 saturated heterocycles. The maximum atomic E-state index is 5.80. The van der Waals surface area contributed by atoms with E-state index in [0.29, 0.717) is 0 Å². The van der Waals surface area contributed by atoms with Crippen molar-refractivity contribution in [3.63, 3.8) is 0 Å². The van der Waals surface area contributed by atoms with Gasteiger partial charge in [0.25, 0.3) is 0 Å². The summed E-state index contributed by atoms with van der Waals surface area (Å²) in [7, 11) is 0. The van der Waals surface area contributed by atoms with Crippen molar-refractivity contribution in [2.45, 2.75) is 6.42 Å². The second-order valence-electron chi connectivity index (χ2n) is 3.29. The highest BCUT2D eigenvalue weighted by atomic mass is 35.5. The molecule has 2 N–H and O–H groups in total. The quantitative estimate of drug-likeness (QED) is 0.834. The molecule has 1 aromatic carbocycles. The van der Waals surface area contributed by atoms with Gasteiger partial charge in [0.2, 0.25) is 0 Å². The van der Waals surface area contributed by atoms with Gasteiger partial charge in [-0.1, -0.05) is 23.7 Å². The zero-order valence-electron chi connectivity index (χ0n) is 8.20. The Balaban J connectivity index is 1.81. The van der Waals surface area contributed by atoms with Crippen molar-refractivity contribution in [1.82, 2.24) is 10.2 Å². The lowest BCUT2D eigenvalue weighted by Gasteiger charge is -2.03. The molecule has 0 unspecified atom stereocenters. The second-order valence-corrected chi connectivity index (χ2v) is 3.73. The minimum absolute atomic E-state index is 0.779. The van der Waals surface area contributed by atoms with Gasteiger partial charge in [0.1, 0.15) is 0 Å². The Kier molecular flexibility index (Phi) is 3.25. The normalized spacial score (nSPS) is 10.2. The largest absolute Gasteiger partial charge is 0.382 e. The molecule has 0 atom stereocenters. The van der Waals surface area contributed by atoms with Crippen LogP contribution >= 0.6 is 11.6 Å². The number of hydrogen-bond donors (Lipinski definition) is 2. The summed E-state index contributed by atoms with van der Waals surface area (Å²) >= 11 is 5.80. The Morgan fingerprint density at radius 2 is 2.07 bits per heavy atom. The summed E-state index contributed by atoms with van der Waals surface area (Å²) < 4.78 is 0. The van der Waals surface area contributed by atoms with Crippen molar-refractivity contribution in [1.29, 1.82) is 0 Å². The maximum absolute atomic E-state index is 5.80. The monoisotopic (exact) mass is 221 g/mol. The molecule has 4 heteroatoms. The molecule has 0 amide bonds. The van der Waals surface area contributed by atoms with Crippen LogP contribution in [0.2, 0.25) is 5.02 Å². The van der Waals surface area contributed by atoms with Crippen molar-refractivity contribution in [3.8, 4) is 0 Å². The third-order valence-electron chi connectivity index (χ3n) is 2.15. The smallest absolute Gasteiger partial charge is 0.0723 e.